The molecular weight excluding hydrogens is 232 g/mol. The first kappa shape index (κ1) is 12.1. The van der Waals surface area contributed by atoms with Crippen molar-refractivity contribution in [3.8, 4) is 0 Å². The van der Waals surface area contributed by atoms with Crippen molar-refractivity contribution in [3.05, 3.63) is 53.6 Å². The number of thioether (sulfide) groups is 1. The molecule has 1 heterocycles. The first-order valence-electron chi connectivity index (χ1n) is 5.39. The van der Waals surface area contributed by atoms with Crippen molar-refractivity contribution in [1.82, 2.24) is 9.97 Å². The van der Waals surface area contributed by atoms with Gasteiger partial charge in [-0.2, -0.15) is 0 Å². The normalized spacial score (nSPS) is 10.5. The van der Waals surface area contributed by atoms with Crippen molar-refractivity contribution in [2.45, 2.75) is 24.2 Å². The topological polar surface area (TPSA) is 46.0 Å². The molecule has 1 aromatic heterocycles. The van der Waals surface area contributed by atoms with Crippen LogP contribution in [0.15, 0.2) is 41.4 Å². The molecule has 3 nitrogen and oxygen atoms in total. The number of aryl methyl sites for hydroxylation is 1. The van der Waals surface area contributed by atoms with E-state index in [1.165, 1.54) is 10.5 Å². The smallest absolute Gasteiger partial charge is 0.138 e. The molecule has 0 unspecified atom stereocenters. The fourth-order valence-electron chi connectivity index (χ4n) is 1.46. The second-order valence-electron chi connectivity index (χ2n) is 3.68. The summed E-state index contributed by atoms with van der Waals surface area (Å²) >= 11 is 1.71. The van der Waals surface area contributed by atoms with Gasteiger partial charge in [0.05, 0.1) is 18.1 Å². The second kappa shape index (κ2) is 5.80. The molecule has 0 saturated heterocycles. The van der Waals surface area contributed by atoms with E-state index < -0.39 is 0 Å². The fraction of sp³-hybridized carbons (Fsp3) is 0.231. The summed E-state index contributed by atoms with van der Waals surface area (Å²) in [6.45, 7) is 2.05. The van der Waals surface area contributed by atoms with Crippen LogP contribution in [0.5, 0.6) is 0 Å². The number of hydrogen-bond acceptors (Lipinski definition) is 4. The second-order valence-corrected chi connectivity index (χ2v) is 4.69. The van der Waals surface area contributed by atoms with E-state index in [2.05, 4.69) is 29.0 Å². The molecule has 0 fully saturated rings. The van der Waals surface area contributed by atoms with E-state index in [0.29, 0.717) is 5.69 Å². The Morgan fingerprint density at radius 3 is 2.82 bits per heavy atom. The Balaban J connectivity index is 2.05. The van der Waals surface area contributed by atoms with Crippen LogP contribution in [0, 0.1) is 6.92 Å². The number of rotatable bonds is 4. The average Bonchev–Trinajstić information content (AvgIpc) is 2.38. The van der Waals surface area contributed by atoms with Gasteiger partial charge in [0.2, 0.25) is 0 Å². The van der Waals surface area contributed by atoms with Gasteiger partial charge >= 0.3 is 0 Å². The van der Waals surface area contributed by atoms with E-state index in [1.54, 1.807) is 24.0 Å². The SMILES string of the molecule is Cc1ccccc1SCc1nccc(CO)n1. The highest BCUT2D eigenvalue weighted by molar-refractivity contribution is 7.98. The molecule has 4 heteroatoms. The van der Waals surface area contributed by atoms with Crippen molar-refractivity contribution < 1.29 is 5.11 Å². The third-order valence-electron chi connectivity index (χ3n) is 2.38. The van der Waals surface area contributed by atoms with Gasteiger partial charge < -0.3 is 5.11 Å². The first-order chi connectivity index (χ1) is 8.29. The predicted molar refractivity (Wildman–Crippen MR) is 68.7 cm³/mol. The average molecular weight is 246 g/mol. The van der Waals surface area contributed by atoms with Gasteiger partial charge in [-0.05, 0) is 24.6 Å². The van der Waals surface area contributed by atoms with E-state index in [9.17, 15) is 0 Å². The van der Waals surface area contributed by atoms with E-state index in [4.69, 9.17) is 5.11 Å². The van der Waals surface area contributed by atoms with Gasteiger partial charge in [-0.15, -0.1) is 11.8 Å². The highest BCUT2D eigenvalue weighted by Gasteiger charge is 2.02. The van der Waals surface area contributed by atoms with Crippen LogP contribution in [0.1, 0.15) is 17.1 Å². The monoisotopic (exact) mass is 246 g/mol. The summed E-state index contributed by atoms with van der Waals surface area (Å²) in [5.41, 5.74) is 1.93. The van der Waals surface area contributed by atoms with Crippen molar-refractivity contribution in [1.29, 1.82) is 0 Å². The Morgan fingerprint density at radius 1 is 1.24 bits per heavy atom. The Morgan fingerprint density at radius 2 is 2.06 bits per heavy atom. The summed E-state index contributed by atoms with van der Waals surface area (Å²) in [5.74, 6) is 1.48. The van der Waals surface area contributed by atoms with Gasteiger partial charge in [0.15, 0.2) is 0 Å². The summed E-state index contributed by atoms with van der Waals surface area (Å²) in [4.78, 5) is 9.68. The minimum atomic E-state index is -0.0372. The van der Waals surface area contributed by atoms with E-state index in [1.807, 2.05) is 12.1 Å². The van der Waals surface area contributed by atoms with E-state index in [-0.39, 0.29) is 6.61 Å². The summed E-state index contributed by atoms with van der Waals surface area (Å²) < 4.78 is 0. The lowest BCUT2D eigenvalue weighted by Crippen LogP contribution is -1.97. The standard InChI is InChI=1S/C13H14N2OS/c1-10-4-2-3-5-12(10)17-9-13-14-7-6-11(8-16)15-13/h2-7,16H,8-9H2,1H3. The molecule has 0 aliphatic heterocycles. The molecule has 2 rings (SSSR count). The number of benzene rings is 1. The summed E-state index contributed by atoms with van der Waals surface area (Å²) in [6, 6.07) is 9.97. The number of nitrogens with zero attached hydrogens (tertiary/aromatic N) is 2. The Hall–Kier alpha value is -1.39. The minimum Gasteiger partial charge on any atom is -0.390 e. The molecule has 0 atom stereocenters. The third kappa shape index (κ3) is 3.28. The predicted octanol–water partition coefficient (Wildman–Crippen LogP) is 2.57. The Labute approximate surface area is 105 Å². The van der Waals surface area contributed by atoms with Gasteiger partial charge in [0.1, 0.15) is 5.82 Å². The summed E-state index contributed by atoms with van der Waals surface area (Å²) in [7, 11) is 0. The minimum absolute atomic E-state index is 0.0372. The van der Waals surface area contributed by atoms with Crippen LogP contribution in [0.2, 0.25) is 0 Å². The first-order valence-corrected chi connectivity index (χ1v) is 6.38. The van der Waals surface area contributed by atoms with Crippen LogP contribution in [0.3, 0.4) is 0 Å². The number of aliphatic hydroxyl groups excluding tert-OH is 1. The van der Waals surface area contributed by atoms with Crippen molar-refractivity contribution in [2.24, 2.45) is 0 Å². The van der Waals surface area contributed by atoms with Crippen molar-refractivity contribution in [2.75, 3.05) is 0 Å². The molecule has 88 valence electrons. The zero-order chi connectivity index (χ0) is 12.1. The molecule has 1 aromatic carbocycles. The molecule has 0 aliphatic carbocycles. The molecule has 0 bridgehead atoms. The number of aromatic nitrogens is 2. The molecule has 1 N–H and O–H groups in total. The molecule has 2 aromatic rings. The highest BCUT2D eigenvalue weighted by atomic mass is 32.2. The number of aliphatic hydroxyl groups is 1. The molecule has 0 spiro atoms. The maximum absolute atomic E-state index is 8.99. The van der Waals surface area contributed by atoms with Crippen LogP contribution < -0.4 is 0 Å². The largest absolute Gasteiger partial charge is 0.390 e. The van der Waals surface area contributed by atoms with Gasteiger partial charge in [0.25, 0.3) is 0 Å². The molecular formula is C13H14N2OS. The highest BCUT2D eigenvalue weighted by Crippen LogP contribution is 2.24. The van der Waals surface area contributed by atoms with Gasteiger partial charge in [-0.1, -0.05) is 18.2 Å². The molecule has 0 saturated carbocycles. The Bertz CT molecular complexity index is 502. The molecule has 17 heavy (non-hydrogen) atoms. The van der Waals surface area contributed by atoms with Crippen LogP contribution in [0.4, 0.5) is 0 Å². The van der Waals surface area contributed by atoms with Crippen LogP contribution in [-0.2, 0) is 12.4 Å². The lowest BCUT2D eigenvalue weighted by Gasteiger charge is -2.04. The summed E-state index contributed by atoms with van der Waals surface area (Å²) in [5, 5.41) is 8.99. The van der Waals surface area contributed by atoms with Crippen LogP contribution in [-0.4, -0.2) is 15.1 Å². The maximum Gasteiger partial charge on any atom is 0.138 e. The molecule has 0 radical (unpaired) electrons. The Kier molecular flexibility index (Phi) is 4.12. The van der Waals surface area contributed by atoms with Crippen LogP contribution in [0.25, 0.3) is 0 Å². The lowest BCUT2D eigenvalue weighted by molar-refractivity contribution is 0.276. The summed E-state index contributed by atoms with van der Waals surface area (Å²) in [6.07, 6.45) is 1.69. The van der Waals surface area contributed by atoms with Crippen molar-refractivity contribution >= 4 is 11.8 Å². The fourth-order valence-corrected chi connectivity index (χ4v) is 2.35. The van der Waals surface area contributed by atoms with E-state index in [0.717, 1.165) is 11.6 Å². The third-order valence-corrected chi connectivity index (χ3v) is 3.55. The molecule has 0 aliphatic rings. The zero-order valence-corrected chi connectivity index (χ0v) is 10.4. The molecule has 0 amide bonds. The van der Waals surface area contributed by atoms with Gasteiger partial charge in [0, 0.05) is 11.1 Å². The zero-order valence-electron chi connectivity index (χ0n) is 9.63. The van der Waals surface area contributed by atoms with E-state index >= 15 is 0 Å². The maximum atomic E-state index is 8.99. The van der Waals surface area contributed by atoms with Crippen molar-refractivity contribution in [3.63, 3.8) is 0 Å². The quantitative estimate of drug-likeness (QED) is 0.842. The number of hydrogen-bond donors (Lipinski definition) is 1. The van der Waals surface area contributed by atoms with Gasteiger partial charge in [-0.25, -0.2) is 9.97 Å². The van der Waals surface area contributed by atoms with Crippen LogP contribution >= 0.6 is 11.8 Å². The lowest BCUT2D eigenvalue weighted by atomic mass is 10.2. The van der Waals surface area contributed by atoms with Gasteiger partial charge in [-0.3, -0.25) is 0 Å².